The van der Waals surface area contributed by atoms with E-state index < -0.39 is 13.3 Å². The summed E-state index contributed by atoms with van der Waals surface area (Å²) in [6, 6.07) is 26.8. The van der Waals surface area contributed by atoms with E-state index in [1.54, 1.807) is 13.8 Å². The van der Waals surface area contributed by atoms with Gasteiger partial charge in [-0.25, -0.2) is 0 Å². The standard InChI is InChI=1S/C26H29N3O2P2S/c1-21(30)28-19-32(18-27-17-29(20-32)22(2)31)25-15-9-10-16-26(25)33(34,23-11-5-3-6-12-23)24-13-7-4-8-14-24/h3-16,27H,17-20H2,1-2H3/p+1. The molecule has 0 spiro atoms. The normalized spacial score (nSPS) is 18.4. The highest BCUT2D eigenvalue weighted by atomic mass is 32.4. The summed E-state index contributed by atoms with van der Waals surface area (Å²) in [5.41, 5.74) is 0. The lowest BCUT2D eigenvalue weighted by molar-refractivity contribution is -0.128. The molecule has 1 aliphatic heterocycles. The number of hydrogen-bond acceptors (Lipinski definition) is 4. The molecule has 0 aromatic heterocycles. The van der Waals surface area contributed by atoms with Crippen molar-refractivity contribution in [3.8, 4) is 0 Å². The van der Waals surface area contributed by atoms with Crippen LogP contribution in [0.1, 0.15) is 13.8 Å². The highest BCUT2D eigenvalue weighted by Gasteiger charge is 2.48. The summed E-state index contributed by atoms with van der Waals surface area (Å²) in [7, 11) is -2.06. The number of benzene rings is 3. The van der Waals surface area contributed by atoms with E-state index in [9.17, 15) is 9.59 Å². The number of hydrogen-bond donors (Lipinski definition) is 2. The molecule has 1 heterocycles. The average molecular weight is 511 g/mol. The summed E-state index contributed by atoms with van der Waals surface area (Å²) in [5.74, 6) is -0.0372. The van der Waals surface area contributed by atoms with Crippen molar-refractivity contribution < 1.29 is 9.59 Å². The van der Waals surface area contributed by atoms with Gasteiger partial charge in [-0.05, 0) is 22.7 Å². The molecule has 2 amide bonds. The molecule has 5 nitrogen and oxygen atoms in total. The van der Waals surface area contributed by atoms with E-state index in [1.807, 2.05) is 41.3 Å². The van der Waals surface area contributed by atoms with Gasteiger partial charge in [0.15, 0.2) is 0 Å². The van der Waals surface area contributed by atoms with Crippen LogP contribution < -0.4 is 31.9 Å². The van der Waals surface area contributed by atoms with Gasteiger partial charge < -0.3 is 5.32 Å². The maximum atomic E-state index is 12.4. The molecule has 3 aromatic rings. The predicted molar refractivity (Wildman–Crippen MR) is 148 cm³/mol. The fraction of sp³-hybridized carbons (Fsp3) is 0.231. The van der Waals surface area contributed by atoms with Crippen molar-refractivity contribution in [2.24, 2.45) is 0 Å². The zero-order valence-corrected chi connectivity index (χ0v) is 22.1. The van der Waals surface area contributed by atoms with Crippen molar-refractivity contribution in [2.75, 3.05) is 25.5 Å². The lowest BCUT2D eigenvalue weighted by atomic mass is 10.3. The Morgan fingerprint density at radius 2 is 1.50 bits per heavy atom. The Hall–Kier alpha value is -2.36. The summed E-state index contributed by atoms with van der Waals surface area (Å²) in [6.45, 7) is 3.66. The number of amides is 2. The number of nitrogens with zero attached hydrogens (tertiary/aromatic N) is 1. The van der Waals surface area contributed by atoms with Crippen LogP contribution in [-0.4, -0.2) is 42.2 Å². The third kappa shape index (κ3) is 4.87. The molecule has 1 unspecified atom stereocenters. The summed E-state index contributed by atoms with van der Waals surface area (Å²) >= 11 is 6.67. The molecule has 1 saturated heterocycles. The Morgan fingerprint density at radius 3 is 2.06 bits per heavy atom. The highest BCUT2D eigenvalue weighted by Crippen LogP contribution is 2.59. The molecule has 0 radical (unpaired) electrons. The lowest BCUT2D eigenvalue weighted by Gasteiger charge is -2.39. The average Bonchev–Trinajstić information content (AvgIpc) is 2.88. The van der Waals surface area contributed by atoms with Crippen LogP contribution in [0.25, 0.3) is 0 Å². The SMILES string of the molecule is CC(=O)NC[P+]1(c2ccccc2P(=S)(c2ccccc2)c2ccccc2)CNCN(C(C)=O)C1. The minimum Gasteiger partial charge on any atom is -0.324 e. The minimum absolute atomic E-state index is 0.0300. The van der Waals surface area contributed by atoms with Crippen molar-refractivity contribution in [1.82, 2.24) is 15.5 Å². The molecule has 1 fully saturated rings. The van der Waals surface area contributed by atoms with Gasteiger partial charge in [-0.3, -0.25) is 19.8 Å². The zero-order chi connectivity index (χ0) is 24.2. The smallest absolute Gasteiger partial charge is 0.223 e. The molecule has 1 atom stereocenters. The van der Waals surface area contributed by atoms with E-state index in [2.05, 4.69) is 59.2 Å². The summed E-state index contributed by atoms with van der Waals surface area (Å²) in [4.78, 5) is 26.2. The van der Waals surface area contributed by atoms with Crippen LogP contribution >= 0.6 is 13.3 Å². The first kappa shape index (κ1) is 24.8. The monoisotopic (exact) mass is 510 g/mol. The lowest BCUT2D eigenvalue weighted by Crippen LogP contribution is -2.52. The topological polar surface area (TPSA) is 61.4 Å². The summed E-state index contributed by atoms with van der Waals surface area (Å²) in [6.07, 6.45) is 1.88. The van der Waals surface area contributed by atoms with Crippen molar-refractivity contribution in [3.63, 3.8) is 0 Å². The minimum atomic E-state index is -2.40. The van der Waals surface area contributed by atoms with E-state index in [-0.39, 0.29) is 11.8 Å². The highest BCUT2D eigenvalue weighted by molar-refractivity contribution is 8.26. The second-order valence-electron chi connectivity index (χ2n) is 8.57. The Kier molecular flexibility index (Phi) is 7.64. The fourth-order valence-electron chi connectivity index (χ4n) is 4.49. The van der Waals surface area contributed by atoms with Crippen LogP contribution in [0.4, 0.5) is 0 Å². The Bertz CT molecular complexity index is 1180. The van der Waals surface area contributed by atoms with Crippen molar-refractivity contribution in [2.45, 2.75) is 13.8 Å². The van der Waals surface area contributed by atoms with Gasteiger partial charge in [-0.1, -0.05) is 84.6 Å². The van der Waals surface area contributed by atoms with E-state index >= 15 is 0 Å². The number of carbonyl (C=O) groups excluding carboxylic acids is 2. The molecule has 0 saturated carbocycles. The van der Waals surface area contributed by atoms with Gasteiger partial charge in [0, 0.05) is 25.2 Å². The summed E-state index contributed by atoms with van der Waals surface area (Å²) in [5, 5.41) is 11.2. The number of nitrogens with one attached hydrogen (secondary N) is 2. The first-order chi connectivity index (χ1) is 16.4. The van der Waals surface area contributed by atoms with E-state index in [4.69, 9.17) is 11.8 Å². The molecular formula is C26H30N3O2P2S+. The molecule has 176 valence electrons. The van der Waals surface area contributed by atoms with Crippen LogP contribution in [0.3, 0.4) is 0 Å². The second kappa shape index (κ2) is 10.5. The zero-order valence-electron chi connectivity index (χ0n) is 19.5. The van der Waals surface area contributed by atoms with Crippen LogP contribution in [0, 0.1) is 0 Å². The Morgan fingerprint density at radius 1 is 0.941 bits per heavy atom. The Balaban J connectivity index is 1.96. The number of rotatable bonds is 6. The van der Waals surface area contributed by atoms with Gasteiger partial charge in [0.1, 0.15) is 31.4 Å². The van der Waals surface area contributed by atoms with Gasteiger partial charge in [0.2, 0.25) is 11.8 Å². The van der Waals surface area contributed by atoms with Crippen LogP contribution in [0.2, 0.25) is 0 Å². The van der Waals surface area contributed by atoms with Crippen molar-refractivity contribution >= 4 is 58.1 Å². The number of carbonyl (C=O) groups is 2. The van der Waals surface area contributed by atoms with Gasteiger partial charge >= 0.3 is 0 Å². The fourth-order valence-corrected chi connectivity index (χ4v) is 13.5. The third-order valence-corrected chi connectivity index (χ3v) is 15.2. The van der Waals surface area contributed by atoms with Crippen molar-refractivity contribution in [1.29, 1.82) is 0 Å². The van der Waals surface area contributed by atoms with Crippen LogP contribution in [0.15, 0.2) is 84.9 Å². The van der Waals surface area contributed by atoms with Crippen LogP contribution in [-0.2, 0) is 21.4 Å². The second-order valence-corrected chi connectivity index (χ2v) is 16.6. The molecule has 4 rings (SSSR count). The largest absolute Gasteiger partial charge is 0.324 e. The van der Waals surface area contributed by atoms with Gasteiger partial charge in [-0.15, -0.1) is 0 Å². The molecule has 8 heteroatoms. The van der Waals surface area contributed by atoms with E-state index in [0.717, 1.165) is 22.2 Å². The Labute approximate surface area is 207 Å². The molecule has 1 aliphatic rings. The summed E-state index contributed by atoms with van der Waals surface area (Å²) < 4.78 is 0. The van der Waals surface area contributed by atoms with Gasteiger partial charge in [0.05, 0.1) is 6.67 Å². The molecule has 34 heavy (non-hydrogen) atoms. The van der Waals surface area contributed by atoms with E-state index in [0.29, 0.717) is 19.2 Å². The molecule has 3 aromatic carbocycles. The molecular weight excluding hydrogens is 480 g/mol. The maximum Gasteiger partial charge on any atom is 0.223 e. The molecule has 2 N–H and O–H groups in total. The quantitative estimate of drug-likeness (QED) is 0.501. The van der Waals surface area contributed by atoms with Gasteiger partial charge in [-0.2, -0.15) is 0 Å². The van der Waals surface area contributed by atoms with Gasteiger partial charge in [0.25, 0.3) is 0 Å². The first-order valence-electron chi connectivity index (χ1n) is 11.2. The first-order valence-corrected chi connectivity index (χ1v) is 16.4. The third-order valence-electron chi connectivity index (χ3n) is 6.21. The van der Waals surface area contributed by atoms with Crippen LogP contribution in [0.5, 0.6) is 0 Å². The molecule has 0 bridgehead atoms. The van der Waals surface area contributed by atoms with E-state index in [1.165, 1.54) is 5.30 Å². The molecule has 0 aliphatic carbocycles. The van der Waals surface area contributed by atoms with Crippen molar-refractivity contribution in [3.05, 3.63) is 84.9 Å². The maximum absolute atomic E-state index is 12.4. The predicted octanol–water partition coefficient (Wildman–Crippen LogP) is 2.50.